The van der Waals surface area contributed by atoms with E-state index in [4.69, 9.17) is 9.47 Å². The number of hydrogen-bond donors (Lipinski definition) is 4. The van der Waals surface area contributed by atoms with Crippen molar-refractivity contribution in [2.45, 2.75) is 160 Å². The zero-order chi connectivity index (χ0) is 39.3. The molecular weight excluding hydrogens is 727 g/mol. The minimum atomic E-state index is -3.83. The molecule has 8 rings (SSSR count). The summed E-state index contributed by atoms with van der Waals surface area (Å²) in [5, 5.41) is 8.37. The van der Waals surface area contributed by atoms with Crippen LogP contribution in [0.1, 0.15) is 125 Å². The van der Waals surface area contributed by atoms with Crippen molar-refractivity contribution in [3.8, 4) is 0 Å². The maximum Gasteiger partial charge on any atom is 0.408 e. The van der Waals surface area contributed by atoms with E-state index in [0.29, 0.717) is 45.4 Å². The van der Waals surface area contributed by atoms with Crippen LogP contribution in [-0.4, -0.2) is 97.8 Å². The van der Waals surface area contributed by atoms with Crippen molar-refractivity contribution in [3.63, 3.8) is 0 Å². The number of carbonyl (C=O) groups is 5. The molecule has 2 saturated heterocycles. The van der Waals surface area contributed by atoms with Crippen LogP contribution < -0.4 is 20.7 Å². The van der Waals surface area contributed by atoms with Gasteiger partial charge in [-0.05, 0) is 98.2 Å². The number of likely N-dealkylation sites (tertiary alicyclic amines) is 1. The Bertz CT molecular complexity index is 1720. The van der Waals surface area contributed by atoms with Gasteiger partial charge in [-0.3, -0.25) is 23.9 Å². The number of nitrogens with one attached hydrogen (secondary N) is 4. The molecule has 55 heavy (non-hydrogen) atoms. The number of fused-ring (bicyclic) bond motifs is 1. The first-order valence-electron chi connectivity index (χ1n) is 20.9. The molecule has 14 nitrogen and oxygen atoms in total. The maximum atomic E-state index is 15.1. The standard InChI is InChI=1S/C40H61N5O9S/c1-36(2,3)30(42-32(47)29(24-10-7-6-8-11-24)41-35(50)54-25-20-53-21-25)33(48)45-22-39(37(4,5)38(39)16-9-17-38)19-28(45)31(46)43-40(18-27(40)23-12-13-23)34(49)44-55(51,52)26-14-15-26/h23-30H,6-22H2,1-5H3,(H,41,50)(H,42,47)(H,43,46)(H,44,49)/t27-,28-,29-,30?,39+,40+/m0/s1. The molecule has 6 aliphatic carbocycles. The van der Waals surface area contributed by atoms with Crippen LogP contribution >= 0.6 is 0 Å². The number of sulfonamides is 1. The van der Waals surface area contributed by atoms with E-state index in [0.717, 1.165) is 64.2 Å². The monoisotopic (exact) mass is 787 g/mol. The Hall–Kier alpha value is -2.94. The Labute approximate surface area is 325 Å². The second-order valence-electron chi connectivity index (χ2n) is 20.0. The Balaban J connectivity index is 1.06. The topological polar surface area (TPSA) is 189 Å². The quantitative estimate of drug-likeness (QED) is 0.230. The molecule has 15 heteroatoms. The van der Waals surface area contributed by atoms with Gasteiger partial charge in [0.1, 0.15) is 23.7 Å². The maximum absolute atomic E-state index is 15.1. The van der Waals surface area contributed by atoms with Gasteiger partial charge in [0.2, 0.25) is 27.7 Å². The average Bonchev–Trinajstić information content (AvgIpc) is 3.91. The van der Waals surface area contributed by atoms with Gasteiger partial charge in [0.25, 0.3) is 5.91 Å². The molecule has 8 aliphatic rings. The molecule has 0 radical (unpaired) electrons. The van der Waals surface area contributed by atoms with Crippen LogP contribution in [0.5, 0.6) is 0 Å². The third-order valence-electron chi connectivity index (χ3n) is 15.5. The van der Waals surface area contributed by atoms with Crippen LogP contribution in [0.25, 0.3) is 0 Å². The van der Waals surface area contributed by atoms with E-state index in [9.17, 15) is 27.6 Å². The van der Waals surface area contributed by atoms with Gasteiger partial charge < -0.3 is 30.3 Å². The van der Waals surface area contributed by atoms with Crippen LogP contribution in [0.2, 0.25) is 0 Å². The van der Waals surface area contributed by atoms with Gasteiger partial charge in [0, 0.05) is 12.0 Å². The molecule has 6 atom stereocenters. The molecule has 0 aromatic rings. The van der Waals surface area contributed by atoms with Gasteiger partial charge in [-0.2, -0.15) is 0 Å². The third-order valence-corrected chi connectivity index (χ3v) is 17.3. The van der Waals surface area contributed by atoms with Crippen LogP contribution in [0, 0.1) is 39.4 Å². The van der Waals surface area contributed by atoms with E-state index in [1.54, 1.807) is 4.90 Å². The Morgan fingerprint density at radius 2 is 1.53 bits per heavy atom. The highest BCUT2D eigenvalue weighted by molar-refractivity contribution is 7.91. The number of alkyl carbamates (subject to hydrolysis) is 1. The van der Waals surface area contributed by atoms with Crippen molar-refractivity contribution in [1.29, 1.82) is 0 Å². The lowest BCUT2D eigenvalue weighted by Crippen LogP contribution is -2.62. The summed E-state index contributed by atoms with van der Waals surface area (Å²) < 4.78 is 38.7. The molecule has 2 heterocycles. The zero-order valence-corrected chi connectivity index (χ0v) is 34.0. The van der Waals surface area contributed by atoms with Crippen molar-refractivity contribution < 1.29 is 41.9 Å². The molecule has 8 fully saturated rings. The van der Waals surface area contributed by atoms with Gasteiger partial charge >= 0.3 is 6.09 Å². The lowest BCUT2D eigenvalue weighted by atomic mass is 9.73. The second kappa shape index (κ2) is 13.3. The van der Waals surface area contributed by atoms with E-state index >= 15 is 4.79 Å². The molecule has 0 aromatic heterocycles. The minimum Gasteiger partial charge on any atom is -0.441 e. The number of rotatable bonds is 12. The predicted octanol–water partition coefficient (Wildman–Crippen LogP) is 3.28. The lowest BCUT2D eigenvalue weighted by molar-refractivity contribution is -0.145. The zero-order valence-electron chi connectivity index (χ0n) is 33.2. The number of ether oxygens (including phenoxy) is 2. The summed E-state index contributed by atoms with van der Waals surface area (Å²) in [6.45, 7) is 11.1. The fraction of sp³-hybridized carbons (Fsp3) is 0.875. The van der Waals surface area contributed by atoms with Crippen LogP contribution in [0.3, 0.4) is 0 Å². The molecule has 2 aliphatic heterocycles. The second-order valence-corrected chi connectivity index (χ2v) is 22.0. The van der Waals surface area contributed by atoms with Gasteiger partial charge in [-0.25, -0.2) is 13.2 Å². The highest BCUT2D eigenvalue weighted by Crippen LogP contribution is 2.88. The first-order chi connectivity index (χ1) is 25.9. The first-order valence-corrected chi connectivity index (χ1v) is 22.4. The first kappa shape index (κ1) is 38.9. The van der Waals surface area contributed by atoms with E-state index in [1.165, 1.54) is 0 Å². The molecule has 6 saturated carbocycles. The molecule has 2 spiro atoms. The van der Waals surface area contributed by atoms with Crippen LogP contribution in [-0.2, 0) is 38.7 Å². The molecule has 5 amide bonds. The predicted molar refractivity (Wildman–Crippen MR) is 200 cm³/mol. The summed E-state index contributed by atoms with van der Waals surface area (Å²) in [4.78, 5) is 72.6. The molecular formula is C40H61N5O9S. The van der Waals surface area contributed by atoms with E-state index in [-0.39, 0.29) is 46.0 Å². The van der Waals surface area contributed by atoms with Crippen LogP contribution in [0.15, 0.2) is 0 Å². The Morgan fingerprint density at radius 3 is 2.05 bits per heavy atom. The molecule has 0 aromatic carbocycles. The summed E-state index contributed by atoms with van der Waals surface area (Å²) in [6, 6.07) is -2.85. The van der Waals surface area contributed by atoms with Gasteiger partial charge in [-0.1, -0.05) is 60.3 Å². The minimum absolute atomic E-state index is 0.000588. The van der Waals surface area contributed by atoms with Crippen molar-refractivity contribution in [1.82, 2.24) is 25.6 Å². The van der Waals surface area contributed by atoms with Crippen molar-refractivity contribution in [3.05, 3.63) is 0 Å². The fourth-order valence-electron chi connectivity index (χ4n) is 11.4. The smallest absolute Gasteiger partial charge is 0.408 e. The third kappa shape index (κ3) is 6.54. The van der Waals surface area contributed by atoms with Crippen molar-refractivity contribution in [2.24, 2.45) is 39.4 Å². The molecule has 1 unspecified atom stereocenters. The van der Waals surface area contributed by atoms with Crippen molar-refractivity contribution in [2.75, 3.05) is 19.8 Å². The fourth-order valence-corrected chi connectivity index (χ4v) is 12.7. The summed E-state index contributed by atoms with van der Waals surface area (Å²) >= 11 is 0. The molecule has 4 N–H and O–H groups in total. The summed E-state index contributed by atoms with van der Waals surface area (Å²) in [6.07, 6.45) is 10.2. The van der Waals surface area contributed by atoms with Crippen molar-refractivity contribution >= 4 is 39.7 Å². The number of nitrogens with zero attached hydrogens (tertiary/aromatic N) is 1. The van der Waals surface area contributed by atoms with Gasteiger partial charge in [0.05, 0.1) is 18.5 Å². The number of hydrogen-bond acceptors (Lipinski definition) is 9. The average molecular weight is 788 g/mol. The van der Waals surface area contributed by atoms with E-state index in [2.05, 4.69) is 34.5 Å². The van der Waals surface area contributed by atoms with E-state index < -0.39 is 68.2 Å². The van der Waals surface area contributed by atoms with Crippen LogP contribution in [0.4, 0.5) is 4.79 Å². The molecule has 0 bridgehead atoms. The van der Waals surface area contributed by atoms with E-state index in [1.807, 2.05) is 20.8 Å². The van der Waals surface area contributed by atoms with Gasteiger partial charge in [0.15, 0.2) is 6.10 Å². The van der Waals surface area contributed by atoms with Gasteiger partial charge in [-0.15, -0.1) is 0 Å². The molecule has 306 valence electrons. The summed E-state index contributed by atoms with van der Waals surface area (Å²) in [5.74, 6) is -2.01. The summed E-state index contributed by atoms with van der Waals surface area (Å²) in [7, 11) is -3.83. The lowest BCUT2D eigenvalue weighted by Gasteiger charge is -2.38. The normalized spacial score (nSPS) is 33.4. The highest BCUT2D eigenvalue weighted by atomic mass is 32.2. The number of amides is 5. The SMILES string of the molecule is CC(C)(C)C(NC(=O)[C@@H](NC(=O)OC1COC1)C1CCCCC1)C(=O)N1C[C@]2(C[C@H]1C(=O)N[C@]1(C(=O)NS(=O)(=O)C3CC3)C[C@H]1C1CC1)C(C)(C)C21CCC1. The summed E-state index contributed by atoms with van der Waals surface area (Å²) in [5.41, 5.74) is -2.55. The highest BCUT2D eigenvalue weighted by Gasteiger charge is 2.85. The Morgan fingerprint density at radius 1 is 0.855 bits per heavy atom. The number of carbonyl (C=O) groups excluding carboxylic acids is 5. The largest absolute Gasteiger partial charge is 0.441 e. The Kier molecular flexibility index (Phi) is 9.41.